The van der Waals surface area contributed by atoms with Gasteiger partial charge in [-0.15, -0.1) is 0 Å². The zero-order valence-electron chi connectivity index (χ0n) is 13.1. The predicted molar refractivity (Wildman–Crippen MR) is 90.3 cm³/mol. The Morgan fingerprint density at radius 1 is 1.12 bits per heavy atom. The highest BCUT2D eigenvalue weighted by Gasteiger charge is 2.15. The zero-order chi connectivity index (χ0) is 17.3. The van der Waals surface area contributed by atoms with Crippen molar-refractivity contribution in [3.8, 4) is 5.75 Å². The van der Waals surface area contributed by atoms with E-state index < -0.39 is 15.7 Å². The van der Waals surface area contributed by atoms with Crippen molar-refractivity contribution in [1.29, 1.82) is 0 Å². The third-order valence-corrected chi connectivity index (χ3v) is 4.62. The minimum Gasteiger partial charge on any atom is -0.493 e. The number of fused-ring (bicyclic) bond motifs is 1. The van der Waals surface area contributed by atoms with Crippen LogP contribution in [0, 0.1) is 0 Å². The monoisotopic (exact) mass is 345 g/mol. The van der Waals surface area contributed by atoms with Crippen molar-refractivity contribution in [2.24, 2.45) is 0 Å². The summed E-state index contributed by atoms with van der Waals surface area (Å²) in [6, 6.07) is 12.9. The van der Waals surface area contributed by atoms with Gasteiger partial charge in [0, 0.05) is 17.3 Å². The van der Waals surface area contributed by atoms with Crippen molar-refractivity contribution in [1.82, 2.24) is 0 Å². The molecule has 0 atom stereocenters. The topological polar surface area (TPSA) is 85.6 Å². The second-order valence-electron chi connectivity index (χ2n) is 5.24. The normalized spacial score (nSPS) is 11.4. The van der Waals surface area contributed by atoms with Crippen LogP contribution in [0.1, 0.15) is 10.6 Å². The van der Waals surface area contributed by atoms with E-state index in [1.54, 1.807) is 12.1 Å². The first-order chi connectivity index (χ1) is 11.4. The fraction of sp³-hybridized carbons (Fsp3) is 0.118. The minimum absolute atomic E-state index is 0.140. The Balaban J connectivity index is 1.85. The number of hydrogen-bond acceptors (Lipinski definition) is 5. The minimum atomic E-state index is -3.27. The second kappa shape index (κ2) is 6.01. The first kappa shape index (κ1) is 16.1. The first-order valence-electron chi connectivity index (χ1n) is 7.06. The summed E-state index contributed by atoms with van der Waals surface area (Å²) in [5.74, 6) is 0.256. The molecule has 1 amide bonds. The molecule has 0 spiro atoms. The number of ether oxygens (including phenoxy) is 1. The maximum atomic E-state index is 12.3. The Morgan fingerprint density at radius 2 is 1.83 bits per heavy atom. The molecule has 7 heteroatoms. The summed E-state index contributed by atoms with van der Waals surface area (Å²) in [7, 11) is -1.74. The number of methoxy groups -OCH3 is 1. The molecule has 0 radical (unpaired) electrons. The fourth-order valence-electron chi connectivity index (χ4n) is 2.29. The van der Waals surface area contributed by atoms with E-state index in [-0.39, 0.29) is 10.7 Å². The van der Waals surface area contributed by atoms with Crippen LogP contribution in [-0.2, 0) is 9.84 Å². The van der Waals surface area contributed by atoms with Crippen LogP contribution in [0.25, 0.3) is 11.0 Å². The number of para-hydroxylation sites is 1. The van der Waals surface area contributed by atoms with Gasteiger partial charge < -0.3 is 14.5 Å². The lowest BCUT2D eigenvalue weighted by Crippen LogP contribution is -2.10. The molecule has 0 saturated carbocycles. The Bertz CT molecular complexity index is 1000. The molecule has 1 aromatic heterocycles. The smallest absolute Gasteiger partial charge is 0.291 e. The molecule has 3 rings (SSSR count). The molecular weight excluding hydrogens is 330 g/mol. The van der Waals surface area contributed by atoms with E-state index in [0.29, 0.717) is 17.0 Å². The molecule has 6 nitrogen and oxygen atoms in total. The van der Waals surface area contributed by atoms with Crippen LogP contribution in [0.4, 0.5) is 5.69 Å². The van der Waals surface area contributed by atoms with E-state index in [4.69, 9.17) is 9.15 Å². The van der Waals surface area contributed by atoms with Gasteiger partial charge in [-0.2, -0.15) is 0 Å². The number of sulfone groups is 1. The highest BCUT2D eigenvalue weighted by Crippen LogP contribution is 2.28. The van der Waals surface area contributed by atoms with Gasteiger partial charge in [0.2, 0.25) is 0 Å². The highest BCUT2D eigenvalue weighted by atomic mass is 32.2. The average Bonchev–Trinajstić information content (AvgIpc) is 2.98. The number of amides is 1. The number of carbonyl (C=O) groups excluding carboxylic acids is 1. The lowest BCUT2D eigenvalue weighted by molar-refractivity contribution is 0.0998. The number of benzene rings is 2. The predicted octanol–water partition coefficient (Wildman–Crippen LogP) is 3.10. The molecule has 3 aromatic rings. The fourth-order valence-corrected chi connectivity index (χ4v) is 2.92. The van der Waals surface area contributed by atoms with Crippen molar-refractivity contribution >= 4 is 32.4 Å². The SMILES string of the molecule is COc1cccc2cc(C(=O)Nc3ccc(S(C)(=O)=O)cc3)oc12. The first-order valence-corrected chi connectivity index (χ1v) is 8.95. The van der Waals surface area contributed by atoms with Gasteiger partial charge in [-0.3, -0.25) is 4.79 Å². The molecule has 1 N–H and O–H groups in total. The molecule has 24 heavy (non-hydrogen) atoms. The molecule has 0 fully saturated rings. The summed E-state index contributed by atoms with van der Waals surface area (Å²) in [5, 5.41) is 3.42. The van der Waals surface area contributed by atoms with Gasteiger partial charge in [-0.05, 0) is 36.4 Å². The molecule has 1 heterocycles. The lowest BCUT2D eigenvalue weighted by atomic mass is 10.2. The Hall–Kier alpha value is -2.80. The van der Waals surface area contributed by atoms with Gasteiger partial charge >= 0.3 is 0 Å². The molecular formula is C17H15NO5S. The number of anilines is 1. The highest BCUT2D eigenvalue weighted by molar-refractivity contribution is 7.90. The van der Waals surface area contributed by atoms with E-state index >= 15 is 0 Å². The van der Waals surface area contributed by atoms with Crippen molar-refractivity contribution in [2.75, 3.05) is 18.7 Å². The maximum absolute atomic E-state index is 12.3. The molecule has 0 aliphatic carbocycles. The largest absolute Gasteiger partial charge is 0.493 e. The molecule has 0 aliphatic heterocycles. The molecule has 0 saturated heterocycles. The summed E-state index contributed by atoms with van der Waals surface area (Å²) >= 11 is 0. The standard InChI is InChI=1S/C17H15NO5S/c1-22-14-5-3-4-11-10-15(23-16(11)14)17(19)18-12-6-8-13(9-7-12)24(2,20)21/h3-10H,1-2H3,(H,18,19). The third-order valence-electron chi connectivity index (χ3n) is 3.49. The van der Waals surface area contributed by atoms with E-state index in [0.717, 1.165) is 11.6 Å². The van der Waals surface area contributed by atoms with Gasteiger partial charge in [-0.1, -0.05) is 12.1 Å². The van der Waals surface area contributed by atoms with E-state index in [1.165, 1.54) is 31.4 Å². The second-order valence-corrected chi connectivity index (χ2v) is 7.26. The average molecular weight is 345 g/mol. The van der Waals surface area contributed by atoms with Gasteiger partial charge in [0.15, 0.2) is 26.9 Å². The number of furan rings is 1. The van der Waals surface area contributed by atoms with Crippen LogP contribution in [-0.4, -0.2) is 27.7 Å². The number of carbonyl (C=O) groups is 1. The molecule has 0 unspecified atom stereocenters. The van der Waals surface area contributed by atoms with Crippen LogP contribution in [0.3, 0.4) is 0 Å². The van der Waals surface area contributed by atoms with Gasteiger partial charge in [-0.25, -0.2) is 8.42 Å². The molecule has 124 valence electrons. The Labute approximate surface area is 139 Å². The van der Waals surface area contributed by atoms with Crippen LogP contribution < -0.4 is 10.1 Å². The van der Waals surface area contributed by atoms with Gasteiger partial charge in [0.1, 0.15) is 0 Å². The third kappa shape index (κ3) is 3.11. The van der Waals surface area contributed by atoms with E-state index in [9.17, 15) is 13.2 Å². The number of hydrogen-bond donors (Lipinski definition) is 1. The molecule has 0 bridgehead atoms. The van der Waals surface area contributed by atoms with E-state index in [2.05, 4.69) is 5.32 Å². The van der Waals surface area contributed by atoms with E-state index in [1.807, 2.05) is 12.1 Å². The summed E-state index contributed by atoms with van der Waals surface area (Å²) in [6.45, 7) is 0. The number of nitrogens with one attached hydrogen (secondary N) is 1. The van der Waals surface area contributed by atoms with Crippen molar-refractivity contribution in [3.63, 3.8) is 0 Å². The summed E-state index contributed by atoms with van der Waals surface area (Å²) in [5.41, 5.74) is 0.970. The maximum Gasteiger partial charge on any atom is 0.291 e. The number of rotatable bonds is 4. The summed E-state index contributed by atoms with van der Waals surface area (Å²) in [4.78, 5) is 12.5. The molecule has 2 aromatic carbocycles. The lowest BCUT2D eigenvalue weighted by Gasteiger charge is -2.04. The van der Waals surface area contributed by atoms with Crippen molar-refractivity contribution < 1.29 is 22.4 Å². The van der Waals surface area contributed by atoms with Gasteiger partial charge in [0.05, 0.1) is 12.0 Å². The van der Waals surface area contributed by atoms with Gasteiger partial charge in [0.25, 0.3) is 5.91 Å². The van der Waals surface area contributed by atoms with Crippen LogP contribution in [0.5, 0.6) is 5.75 Å². The zero-order valence-corrected chi connectivity index (χ0v) is 13.9. The molecule has 0 aliphatic rings. The van der Waals surface area contributed by atoms with Crippen LogP contribution >= 0.6 is 0 Å². The Kier molecular flexibility index (Phi) is 4.02. The Morgan fingerprint density at radius 3 is 2.46 bits per heavy atom. The van der Waals surface area contributed by atoms with Crippen molar-refractivity contribution in [3.05, 3.63) is 54.3 Å². The summed E-state index contributed by atoms with van der Waals surface area (Å²) < 4.78 is 33.6. The van der Waals surface area contributed by atoms with Crippen LogP contribution in [0.15, 0.2) is 57.8 Å². The summed E-state index contributed by atoms with van der Waals surface area (Å²) in [6.07, 6.45) is 1.13. The van der Waals surface area contributed by atoms with Crippen molar-refractivity contribution in [2.45, 2.75) is 4.90 Å². The van der Waals surface area contributed by atoms with Crippen LogP contribution in [0.2, 0.25) is 0 Å². The quantitative estimate of drug-likeness (QED) is 0.785.